The van der Waals surface area contributed by atoms with Crippen LogP contribution in [0.1, 0.15) is 28.3 Å². The number of aliphatic hydroxyl groups excluding tert-OH is 1. The number of ether oxygens (including phenoxy) is 1. The predicted molar refractivity (Wildman–Crippen MR) is 87.9 cm³/mol. The first-order valence-electron chi connectivity index (χ1n) is 6.92. The molecule has 1 heterocycles. The molecule has 1 unspecified atom stereocenters. The number of methoxy groups -OCH3 is 1. The fraction of sp³-hybridized carbons (Fsp3) is 0.353. The molecule has 1 aromatic heterocycles. The lowest BCUT2D eigenvalue weighted by molar-refractivity contribution is 0.263. The summed E-state index contributed by atoms with van der Waals surface area (Å²) in [5.74, 6) is 0.909. The highest BCUT2D eigenvalue weighted by Gasteiger charge is 2.16. The van der Waals surface area contributed by atoms with Crippen LogP contribution in [0.2, 0.25) is 0 Å². The molecule has 0 fully saturated rings. The van der Waals surface area contributed by atoms with Gasteiger partial charge in [-0.1, -0.05) is 28.1 Å². The highest BCUT2D eigenvalue weighted by Crippen LogP contribution is 2.28. The maximum atomic E-state index is 9.73. The van der Waals surface area contributed by atoms with Gasteiger partial charge in [-0.3, -0.25) is 4.98 Å². The van der Waals surface area contributed by atoms with Gasteiger partial charge in [0.05, 0.1) is 13.7 Å². The number of rotatable bonds is 5. The molecule has 0 aliphatic heterocycles. The summed E-state index contributed by atoms with van der Waals surface area (Å²) >= 11 is 3.47. The minimum atomic E-state index is 0.0288. The SMILES string of the molecule is COc1c(C)cnc(CC(CO)c2cccc(Br)c2)c1C. The number of pyridine rings is 1. The van der Waals surface area contributed by atoms with Gasteiger partial charge in [-0.05, 0) is 38.0 Å². The molecule has 0 amide bonds. The highest BCUT2D eigenvalue weighted by molar-refractivity contribution is 9.10. The number of hydrogen-bond acceptors (Lipinski definition) is 3. The number of aryl methyl sites for hydroxylation is 1. The number of hydrogen-bond donors (Lipinski definition) is 1. The second-order valence-electron chi connectivity index (χ2n) is 5.18. The Kier molecular flexibility index (Phi) is 5.37. The van der Waals surface area contributed by atoms with Crippen molar-refractivity contribution in [3.8, 4) is 5.75 Å². The van der Waals surface area contributed by atoms with E-state index in [1.165, 1.54) is 0 Å². The van der Waals surface area contributed by atoms with Gasteiger partial charge in [0.15, 0.2) is 0 Å². The van der Waals surface area contributed by atoms with Crippen LogP contribution < -0.4 is 4.74 Å². The highest BCUT2D eigenvalue weighted by atomic mass is 79.9. The second kappa shape index (κ2) is 7.05. The van der Waals surface area contributed by atoms with Crippen molar-refractivity contribution in [1.82, 2.24) is 4.98 Å². The molecule has 0 aliphatic rings. The Morgan fingerprint density at radius 2 is 2.10 bits per heavy atom. The number of benzene rings is 1. The largest absolute Gasteiger partial charge is 0.496 e. The third-order valence-electron chi connectivity index (χ3n) is 3.73. The molecule has 0 bridgehead atoms. The molecular formula is C17H20BrNO2. The zero-order valence-corrected chi connectivity index (χ0v) is 14.1. The van der Waals surface area contributed by atoms with Crippen molar-refractivity contribution in [3.05, 3.63) is 57.3 Å². The van der Waals surface area contributed by atoms with Crippen LogP contribution in [-0.4, -0.2) is 23.8 Å². The third-order valence-corrected chi connectivity index (χ3v) is 4.22. The lowest BCUT2D eigenvalue weighted by Gasteiger charge is -2.18. The summed E-state index contributed by atoms with van der Waals surface area (Å²) in [5.41, 5.74) is 4.15. The average Bonchev–Trinajstić information content (AvgIpc) is 2.47. The molecule has 112 valence electrons. The third kappa shape index (κ3) is 3.63. The van der Waals surface area contributed by atoms with E-state index in [1.54, 1.807) is 7.11 Å². The Balaban J connectivity index is 2.31. The van der Waals surface area contributed by atoms with Crippen molar-refractivity contribution in [3.63, 3.8) is 0 Å². The molecule has 0 saturated heterocycles. The predicted octanol–water partition coefficient (Wildman–Crippen LogP) is 3.79. The number of aliphatic hydroxyl groups is 1. The van der Waals surface area contributed by atoms with E-state index in [0.717, 1.165) is 32.6 Å². The Bertz CT molecular complexity index is 628. The Hall–Kier alpha value is -1.39. The zero-order valence-electron chi connectivity index (χ0n) is 12.6. The van der Waals surface area contributed by atoms with Crippen LogP contribution in [-0.2, 0) is 6.42 Å². The normalized spacial score (nSPS) is 12.2. The van der Waals surface area contributed by atoms with Crippen molar-refractivity contribution in [1.29, 1.82) is 0 Å². The van der Waals surface area contributed by atoms with Crippen LogP contribution in [0.5, 0.6) is 5.75 Å². The summed E-state index contributed by atoms with van der Waals surface area (Å²) in [5, 5.41) is 9.73. The van der Waals surface area contributed by atoms with Crippen molar-refractivity contribution in [2.75, 3.05) is 13.7 Å². The fourth-order valence-electron chi connectivity index (χ4n) is 2.56. The lowest BCUT2D eigenvalue weighted by atomic mass is 9.93. The van der Waals surface area contributed by atoms with Crippen LogP contribution in [0.25, 0.3) is 0 Å². The summed E-state index contributed by atoms with van der Waals surface area (Å²) in [7, 11) is 1.68. The molecule has 1 atom stereocenters. The van der Waals surface area contributed by atoms with E-state index in [9.17, 15) is 5.11 Å². The van der Waals surface area contributed by atoms with Gasteiger partial charge < -0.3 is 9.84 Å². The van der Waals surface area contributed by atoms with Gasteiger partial charge in [-0.2, -0.15) is 0 Å². The quantitative estimate of drug-likeness (QED) is 0.892. The standard InChI is InChI=1S/C17H20BrNO2/c1-11-9-19-16(12(2)17(11)21-3)8-14(10-20)13-5-4-6-15(18)7-13/h4-7,9,14,20H,8,10H2,1-3H3. The number of nitrogens with zero attached hydrogens (tertiary/aromatic N) is 1. The molecule has 0 spiro atoms. The first kappa shape index (κ1) is 16.0. The van der Waals surface area contributed by atoms with Crippen LogP contribution in [0.15, 0.2) is 34.9 Å². The van der Waals surface area contributed by atoms with Crippen LogP contribution in [0.4, 0.5) is 0 Å². The lowest BCUT2D eigenvalue weighted by Crippen LogP contribution is -2.11. The molecule has 1 aromatic carbocycles. The van der Waals surface area contributed by atoms with E-state index in [-0.39, 0.29) is 12.5 Å². The summed E-state index contributed by atoms with van der Waals surface area (Å²) in [6.07, 6.45) is 2.52. The van der Waals surface area contributed by atoms with Crippen molar-refractivity contribution in [2.24, 2.45) is 0 Å². The first-order chi connectivity index (χ1) is 10.1. The molecule has 0 radical (unpaired) electrons. The van der Waals surface area contributed by atoms with Crippen LogP contribution >= 0.6 is 15.9 Å². The Morgan fingerprint density at radius 1 is 1.33 bits per heavy atom. The summed E-state index contributed by atoms with van der Waals surface area (Å²) < 4.78 is 6.46. The number of aromatic nitrogens is 1. The minimum absolute atomic E-state index is 0.0288. The van der Waals surface area contributed by atoms with Gasteiger partial charge >= 0.3 is 0 Å². The van der Waals surface area contributed by atoms with E-state index in [1.807, 2.05) is 44.3 Å². The Labute approximate surface area is 134 Å². The van der Waals surface area contributed by atoms with Crippen LogP contribution in [0.3, 0.4) is 0 Å². The van der Waals surface area contributed by atoms with E-state index in [2.05, 4.69) is 20.9 Å². The van der Waals surface area contributed by atoms with E-state index in [4.69, 9.17) is 4.74 Å². The van der Waals surface area contributed by atoms with Gasteiger partial charge in [0.2, 0.25) is 0 Å². The van der Waals surface area contributed by atoms with Gasteiger partial charge in [0.1, 0.15) is 5.75 Å². The van der Waals surface area contributed by atoms with Crippen molar-refractivity contribution in [2.45, 2.75) is 26.2 Å². The topological polar surface area (TPSA) is 42.4 Å². The fourth-order valence-corrected chi connectivity index (χ4v) is 2.98. The molecule has 21 heavy (non-hydrogen) atoms. The van der Waals surface area contributed by atoms with E-state index < -0.39 is 0 Å². The first-order valence-corrected chi connectivity index (χ1v) is 7.71. The number of halogens is 1. The van der Waals surface area contributed by atoms with Gasteiger partial charge in [0, 0.05) is 33.4 Å². The van der Waals surface area contributed by atoms with Crippen molar-refractivity contribution < 1.29 is 9.84 Å². The van der Waals surface area contributed by atoms with Gasteiger partial charge in [-0.25, -0.2) is 0 Å². The van der Waals surface area contributed by atoms with Gasteiger partial charge in [0.25, 0.3) is 0 Å². The summed E-state index contributed by atoms with van der Waals surface area (Å²) in [6, 6.07) is 8.04. The molecule has 4 heteroatoms. The minimum Gasteiger partial charge on any atom is -0.496 e. The maximum Gasteiger partial charge on any atom is 0.128 e. The molecule has 1 N–H and O–H groups in total. The second-order valence-corrected chi connectivity index (χ2v) is 6.10. The molecule has 2 rings (SSSR count). The van der Waals surface area contributed by atoms with Crippen LogP contribution in [0, 0.1) is 13.8 Å². The molecular weight excluding hydrogens is 330 g/mol. The monoisotopic (exact) mass is 349 g/mol. The van der Waals surface area contributed by atoms with E-state index >= 15 is 0 Å². The molecule has 2 aromatic rings. The average molecular weight is 350 g/mol. The molecule has 3 nitrogen and oxygen atoms in total. The van der Waals surface area contributed by atoms with E-state index in [0.29, 0.717) is 6.42 Å². The van der Waals surface area contributed by atoms with Gasteiger partial charge in [-0.15, -0.1) is 0 Å². The summed E-state index contributed by atoms with van der Waals surface area (Å²) in [4.78, 5) is 4.52. The smallest absolute Gasteiger partial charge is 0.128 e. The molecule has 0 saturated carbocycles. The zero-order chi connectivity index (χ0) is 15.4. The Morgan fingerprint density at radius 3 is 2.71 bits per heavy atom. The van der Waals surface area contributed by atoms with Crippen molar-refractivity contribution >= 4 is 15.9 Å². The molecule has 0 aliphatic carbocycles. The summed E-state index contributed by atoms with van der Waals surface area (Å²) in [6.45, 7) is 4.09. The maximum absolute atomic E-state index is 9.73.